The highest BCUT2D eigenvalue weighted by Gasteiger charge is 1.99. The maximum atomic E-state index is 12.7. The smallest absolute Gasteiger partial charge is 0.150 e. The van der Waals surface area contributed by atoms with Crippen LogP contribution in [0.5, 0.6) is 0 Å². The molecular weight excluding hydrogens is 181 g/mol. The lowest BCUT2D eigenvalue weighted by molar-refractivity contribution is 0.112. The lowest BCUT2D eigenvalue weighted by Crippen LogP contribution is -2.03. The Morgan fingerprint density at radius 3 is 2.86 bits per heavy atom. The van der Waals surface area contributed by atoms with E-state index in [0.717, 1.165) is 12.1 Å². The van der Waals surface area contributed by atoms with Crippen LogP contribution in [0, 0.1) is 5.82 Å². The third-order valence-corrected chi connectivity index (χ3v) is 1.80. The summed E-state index contributed by atoms with van der Waals surface area (Å²) in [5.41, 5.74) is 1.11. The first-order chi connectivity index (χ1) is 6.77. The van der Waals surface area contributed by atoms with Crippen molar-refractivity contribution >= 4 is 12.4 Å². The van der Waals surface area contributed by atoms with E-state index in [2.05, 4.69) is 5.32 Å². The summed E-state index contributed by atoms with van der Waals surface area (Å²) < 4.78 is 12.7. The topological polar surface area (TPSA) is 29.1 Å². The van der Waals surface area contributed by atoms with E-state index in [9.17, 15) is 9.18 Å². The van der Waals surface area contributed by atoms with E-state index < -0.39 is 5.82 Å². The number of hydrogen-bond donors (Lipinski definition) is 1. The van der Waals surface area contributed by atoms with Gasteiger partial charge in [-0.2, -0.15) is 0 Å². The molecule has 1 N–H and O–H groups in total. The summed E-state index contributed by atoms with van der Waals surface area (Å²) in [5.74, 6) is -0.391. The predicted octanol–water partition coefficient (Wildman–Crippen LogP) is 1.87. The van der Waals surface area contributed by atoms with E-state index >= 15 is 0 Å². The van der Waals surface area contributed by atoms with Crippen molar-refractivity contribution in [2.75, 3.05) is 13.6 Å². The van der Waals surface area contributed by atoms with E-state index in [1.165, 1.54) is 12.1 Å². The van der Waals surface area contributed by atoms with Crippen LogP contribution in [0.25, 0.3) is 6.08 Å². The minimum atomic E-state index is -0.391. The maximum absolute atomic E-state index is 12.7. The standard InChI is InChI=1S/C11H12FNO/c1-13-6-2-3-9-4-5-11(12)7-10(9)8-14/h2-5,7-8,13H,6H2,1H3. The monoisotopic (exact) mass is 193 g/mol. The van der Waals surface area contributed by atoms with Crippen LogP contribution in [0.15, 0.2) is 24.3 Å². The minimum Gasteiger partial charge on any atom is -0.316 e. The van der Waals surface area contributed by atoms with Gasteiger partial charge in [-0.3, -0.25) is 4.79 Å². The van der Waals surface area contributed by atoms with E-state index in [1.54, 1.807) is 12.1 Å². The van der Waals surface area contributed by atoms with Crippen LogP contribution >= 0.6 is 0 Å². The Labute approximate surface area is 82.4 Å². The van der Waals surface area contributed by atoms with E-state index in [-0.39, 0.29) is 0 Å². The summed E-state index contributed by atoms with van der Waals surface area (Å²) in [6.07, 6.45) is 4.32. The highest BCUT2D eigenvalue weighted by molar-refractivity contribution is 5.81. The molecule has 0 spiro atoms. The van der Waals surface area contributed by atoms with Crippen LogP contribution in [-0.4, -0.2) is 19.9 Å². The first kappa shape index (κ1) is 10.6. The molecule has 0 atom stereocenters. The van der Waals surface area contributed by atoms with Crippen molar-refractivity contribution in [3.8, 4) is 0 Å². The highest BCUT2D eigenvalue weighted by atomic mass is 19.1. The van der Waals surface area contributed by atoms with E-state index in [4.69, 9.17) is 0 Å². The fourth-order valence-corrected chi connectivity index (χ4v) is 1.10. The van der Waals surface area contributed by atoms with Crippen molar-refractivity contribution in [1.29, 1.82) is 0 Å². The molecule has 0 aromatic heterocycles. The molecule has 0 amide bonds. The van der Waals surface area contributed by atoms with Crippen LogP contribution in [0.3, 0.4) is 0 Å². The summed E-state index contributed by atoms with van der Waals surface area (Å²) in [6.45, 7) is 0.718. The molecule has 2 nitrogen and oxygen atoms in total. The highest BCUT2D eigenvalue weighted by Crippen LogP contribution is 2.10. The third-order valence-electron chi connectivity index (χ3n) is 1.80. The quantitative estimate of drug-likeness (QED) is 0.739. The molecule has 0 aliphatic carbocycles. The van der Waals surface area contributed by atoms with Gasteiger partial charge in [-0.05, 0) is 24.7 Å². The Morgan fingerprint density at radius 2 is 2.21 bits per heavy atom. The predicted molar refractivity (Wildman–Crippen MR) is 54.7 cm³/mol. The summed E-state index contributed by atoms with van der Waals surface area (Å²) in [4.78, 5) is 10.6. The van der Waals surface area contributed by atoms with Crippen molar-refractivity contribution < 1.29 is 9.18 Å². The molecule has 0 aliphatic rings. The molecule has 0 heterocycles. The number of carbonyl (C=O) groups is 1. The number of nitrogens with one attached hydrogen (secondary N) is 1. The Bertz CT molecular complexity index is 347. The van der Waals surface area contributed by atoms with Crippen molar-refractivity contribution in [3.05, 3.63) is 41.2 Å². The lowest BCUT2D eigenvalue weighted by Gasteiger charge is -1.98. The van der Waals surface area contributed by atoms with Crippen LogP contribution in [0.2, 0.25) is 0 Å². The number of aldehydes is 1. The minimum absolute atomic E-state index is 0.373. The van der Waals surface area contributed by atoms with Gasteiger partial charge in [0.05, 0.1) is 0 Å². The van der Waals surface area contributed by atoms with Crippen LogP contribution < -0.4 is 5.32 Å². The fourth-order valence-electron chi connectivity index (χ4n) is 1.10. The average molecular weight is 193 g/mol. The number of carbonyl (C=O) groups excluding carboxylic acids is 1. The molecule has 3 heteroatoms. The van der Waals surface area contributed by atoms with Crippen LogP contribution in [-0.2, 0) is 0 Å². The Kier molecular flexibility index (Phi) is 4.01. The largest absolute Gasteiger partial charge is 0.316 e. The first-order valence-corrected chi connectivity index (χ1v) is 4.34. The van der Waals surface area contributed by atoms with Gasteiger partial charge >= 0.3 is 0 Å². The number of rotatable bonds is 4. The number of benzene rings is 1. The van der Waals surface area contributed by atoms with Gasteiger partial charge < -0.3 is 5.32 Å². The van der Waals surface area contributed by atoms with Gasteiger partial charge in [0.1, 0.15) is 5.82 Å². The van der Waals surface area contributed by atoms with Crippen molar-refractivity contribution in [2.45, 2.75) is 0 Å². The summed E-state index contributed by atoms with van der Waals surface area (Å²) in [5, 5.41) is 2.94. The molecule has 1 aromatic rings. The van der Waals surface area contributed by atoms with E-state index in [1.807, 2.05) is 13.1 Å². The average Bonchev–Trinajstić information content (AvgIpc) is 2.20. The Morgan fingerprint density at radius 1 is 1.43 bits per heavy atom. The van der Waals surface area contributed by atoms with Gasteiger partial charge in [0, 0.05) is 12.1 Å². The molecule has 0 bridgehead atoms. The van der Waals surface area contributed by atoms with Gasteiger partial charge in [-0.1, -0.05) is 18.2 Å². The molecule has 74 valence electrons. The molecule has 14 heavy (non-hydrogen) atoms. The van der Waals surface area contributed by atoms with Crippen LogP contribution in [0.4, 0.5) is 4.39 Å². The van der Waals surface area contributed by atoms with Crippen molar-refractivity contribution in [3.63, 3.8) is 0 Å². The second kappa shape index (κ2) is 5.29. The molecule has 0 saturated heterocycles. The SMILES string of the molecule is CNCC=Cc1ccc(F)cc1C=O. The maximum Gasteiger partial charge on any atom is 0.150 e. The fraction of sp³-hybridized carbons (Fsp3) is 0.182. The van der Waals surface area contributed by atoms with Gasteiger partial charge in [-0.25, -0.2) is 4.39 Å². The molecule has 0 unspecified atom stereocenters. The van der Waals surface area contributed by atoms with Crippen molar-refractivity contribution in [2.24, 2.45) is 0 Å². The number of likely N-dealkylation sites (N-methyl/N-ethyl adjacent to an activating group) is 1. The van der Waals surface area contributed by atoms with Gasteiger partial charge in [0.2, 0.25) is 0 Å². The van der Waals surface area contributed by atoms with Crippen molar-refractivity contribution in [1.82, 2.24) is 5.32 Å². The van der Waals surface area contributed by atoms with Gasteiger partial charge in [-0.15, -0.1) is 0 Å². The Balaban J connectivity index is 2.90. The zero-order chi connectivity index (χ0) is 10.4. The molecule has 1 rings (SSSR count). The lowest BCUT2D eigenvalue weighted by atomic mass is 10.1. The zero-order valence-corrected chi connectivity index (χ0v) is 7.96. The summed E-state index contributed by atoms with van der Waals surface area (Å²) in [6, 6.07) is 4.16. The van der Waals surface area contributed by atoms with E-state index in [0.29, 0.717) is 11.8 Å². The second-order valence-corrected chi connectivity index (χ2v) is 2.85. The molecule has 0 saturated carbocycles. The normalized spacial score (nSPS) is 10.7. The summed E-state index contributed by atoms with van der Waals surface area (Å²) >= 11 is 0. The molecule has 0 radical (unpaired) electrons. The number of hydrogen-bond acceptors (Lipinski definition) is 2. The third kappa shape index (κ3) is 2.78. The second-order valence-electron chi connectivity index (χ2n) is 2.85. The number of halogens is 1. The van der Waals surface area contributed by atoms with Gasteiger partial charge in [0.25, 0.3) is 0 Å². The molecule has 0 aliphatic heterocycles. The van der Waals surface area contributed by atoms with Crippen LogP contribution in [0.1, 0.15) is 15.9 Å². The molecule has 0 fully saturated rings. The Hall–Kier alpha value is -1.48. The zero-order valence-electron chi connectivity index (χ0n) is 7.96. The van der Waals surface area contributed by atoms with Gasteiger partial charge in [0.15, 0.2) is 6.29 Å². The first-order valence-electron chi connectivity index (χ1n) is 4.34. The summed E-state index contributed by atoms with van der Waals surface area (Å²) in [7, 11) is 1.83. The molecule has 1 aromatic carbocycles. The molecular formula is C11H12FNO.